The standard InChI is InChI=1S/C13H23N5O2/c1-13(2,7-14)8-18(3)6-10(19)15-12-17-16-11(20-12)9-4-5-9/h9H,4-8,14H2,1-3H3,(H,15,17,19). The van der Waals surface area contributed by atoms with E-state index in [0.717, 1.165) is 19.4 Å². The highest BCUT2D eigenvalue weighted by Crippen LogP contribution is 2.39. The molecule has 0 unspecified atom stereocenters. The first-order chi connectivity index (χ1) is 9.39. The summed E-state index contributed by atoms with van der Waals surface area (Å²) in [4.78, 5) is 13.8. The number of amides is 1. The van der Waals surface area contributed by atoms with Crippen LogP contribution in [0.25, 0.3) is 0 Å². The highest BCUT2D eigenvalue weighted by Gasteiger charge is 2.29. The van der Waals surface area contributed by atoms with Crippen LogP contribution in [0.2, 0.25) is 0 Å². The van der Waals surface area contributed by atoms with Gasteiger partial charge in [-0.3, -0.25) is 15.0 Å². The normalized spacial score (nSPS) is 15.7. The van der Waals surface area contributed by atoms with Crippen molar-refractivity contribution >= 4 is 11.9 Å². The summed E-state index contributed by atoms with van der Waals surface area (Å²) in [7, 11) is 1.89. The molecule has 0 spiro atoms. The zero-order chi connectivity index (χ0) is 14.8. The number of nitrogens with zero attached hydrogens (tertiary/aromatic N) is 3. The van der Waals surface area contributed by atoms with Crippen LogP contribution in [-0.2, 0) is 4.79 Å². The maximum absolute atomic E-state index is 11.9. The molecular formula is C13H23N5O2. The van der Waals surface area contributed by atoms with Crippen LogP contribution in [0.1, 0.15) is 38.5 Å². The van der Waals surface area contributed by atoms with E-state index in [9.17, 15) is 4.79 Å². The first-order valence-corrected chi connectivity index (χ1v) is 6.91. The first-order valence-electron chi connectivity index (χ1n) is 6.91. The van der Waals surface area contributed by atoms with Gasteiger partial charge in [-0.15, -0.1) is 5.10 Å². The van der Waals surface area contributed by atoms with E-state index >= 15 is 0 Å². The highest BCUT2D eigenvalue weighted by atomic mass is 16.4. The van der Waals surface area contributed by atoms with Gasteiger partial charge in [0.25, 0.3) is 0 Å². The van der Waals surface area contributed by atoms with Crippen LogP contribution in [0, 0.1) is 5.41 Å². The van der Waals surface area contributed by atoms with Gasteiger partial charge < -0.3 is 10.2 Å². The molecule has 0 saturated heterocycles. The van der Waals surface area contributed by atoms with Crippen molar-refractivity contribution < 1.29 is 9.21 Å². The minimum atomic E-state index is -0.161. The van der Waals surface area contributed by atoms with Gasteiger partial charge in [-0.2, -0.15) is 0 Å². The van der Waals surface area contributed by atoms with Crippen LogP contribution in [0.5, 0.6) is 0 Å². The third-order valence-electron chi connectivity index (χ3n) is 3.28. The van der Waals surface area contributed by atoms with Crippen molar-refractivity contribution in [1.29, 1.82) is 0 Å². The summed E-state index contributed by atoms with van der Waals surface area (Å²) in [5.41, 5.74) is 5.67. The minimum absolute atomic E-state index is 0.0152. The SMILES string of the molecule is CN(CC(=O)Nc1nnc(C2CC2)o1)CC(C)(C)CN. The molecule has 1 amide bonds. The number of nitrogens with two attached hydrogens (primary N) is 1. The molecule has 0 atom stereocenters. The van der Waals surface area contributed by atoms with Crippen LogP contribution in [0.15, 0.2) is 4.42 Å². The van der Waals surface area contributed by atoms with Crippen molar-refractivity contribution in [1.82, 2.24) is 15.1 Å². The fraction of sp³-hybridized carbons (Fsp3) is 0.769. The summed E-state index contributed by atoms with van der Waals surface area (Å²) >= 11 is 0. The quantitative estimate of drug-likeness (QED) is 0.767. The number of anilines is 1. The summed E-state index contributed by atoms with van der Waals surface area (Å²) in [6.07, 6.45) is 2.18. The Morgan fingerprint density at radius 1 is 1.50 bits per heavy atom. The second-order valence-electron chi connectivity index (χ2n) is 6.31. The van der Waals surface area contributed by atoms with E-state index in [0.29, 0.717) is 18.4 Å². The Bertz CT molecular complexity index is 467. The molecule has 1 aromatic heterocycles. The van der Waals surface area contributed by atoms with Crippen LogP contribution in [0.3, 0.4) is 0 Å². The molecule has 1 aliphatic rings. The van der Waals surface area contributed by atoms with E-state index in [2.05, 4.69) is 29.4 Å². The second kappa shape index (κ2) is 5.88. The Labute approximate surface area is 118 Å². The third-order valence-corrected chi connectivity index (χ3v) is 3.28. The maximum Gasteiger partial charge on any atom is 0.322 e. The predicted molar refractivity (Wildman–Crippen MR) is 75.2 cm³/mol. The van der Waals surface area contributed by atoms with E-state index in [1.165, 1.54) is 0 Å². The number of hydrogen-bond acceptors (Lipinski definition) is 6. The van der Waals surface area contributed by atoms with Crippen LogP contribution in [0.4, 0.5) is 6.01 Å². The average molecular weight is 281 g/mol. The zero-order valence-corrected chi connectivity index (χ0v) is 12.3. The minimum Gasteiger partial charge on any atom is -0.408 e. The molecule has 20 heavy (non-hydrogen) atoms. The van der Waals surface area contributed by atoms with Gasteiger partial charge in [0.1, 0.15) is 0 Å². The van der Waals surface area contributed by atoms with Crippen molar-refractivity contribution in [2.75, 3.05) is 32.0 Å². The van der Waals surface area contributed by atoms with E-state index in [-0.39, 0.29) is 23.9 Å². The zero-order valence-electron chi connectivity index (χ0n) is 12.3. The lowest BCUT2D eigenvalue weighted by Gasteiger charge is -2.28. The number of carbonyl (C=O) groups is 1. The van der Waals surface area contributed by atoms with Gasteiger partial charge in [0.15, 0.2) is 0 Å². The second-order valence-corrected chi connectivity index (χ2v) is 6.31. The molecule has 1 aliphatic carbocycles. The monoisotopic (exact) mass is 281 g/mol. The molecule has 0 aliphatic heterocycles. The number of likely N-dealkylation sites (N-methyl/N-ethyl adjacent to an activating group) is 1. The van der Waals surface area contributed by atoms with Gasteiger partial charge in [0.2, 0.25) is 11.8 Å². The lowest BCUT2D eigenvalue weighted by molar-refractivity contribution is -0.117. The molecule has 2 rings (SSSR count). The van der Waals surface area contributed by atoms with E-state index in [1.807, 2.05) is 11.9 Å². The van der Waals surface area contributed by atoms with Gasteiger partial charge in [0.05, 0.1) is 6.54 Å². The lowest BCUT2D eigenvalue weighted by Crippen LogP contribution is -2.40. The molecule has 7 nitrogen and oxygen atoms in total. The fourth-order valence-corrected chi connectivity index (χ4v) is 2.04. The van der Waals surface area contributed by atoms with Gasteiger partial charge in [-0.1, -0.05) is 18.9 Å². The Hall–Kier alpha value is -1.47. The maximum atomic E-state index is 11.9. The highest BCUT2D eigenvalue weighted by molar-refractivity contribution is 5.90. The summed E-state index contributed by atoms with van der Waals surface area (Å²) in [5.74, 6) is 0.852. The summed E-state index contributed by atoms with van der Waals surface area (Å²) in [5, 5.41) is 10.4. The average Bonchev–Trinajstić information content (AvgIpc) is 3.10. The van der Waals surface area contributed by atoms with Gasteiger partial charge >= 0.3 is 6.01 Å². The van der Waals surface area contributed by atoms with Crippen molar-refractivity contribution in [3.05, 3.63) is 5.89 Å². The number of carbonyl (C=O) groups excluding carboxylic acids is 1. The summed E-state index contributed by atoms with van der Waals surface area (Å²) in [6, 6.07) is 0.184. The number of rotatable bonds is 7. The van der Waals surface area contributed by atoms with Crippen molar-refractivity contribution in [3.63, 3.8) is 0 Å². The fourth-order valence-electron chi connectivity index (χ4n) is 2.04. The van der Waals surface area contributed by atoms with Crippen molar-refractivity contribution in [2.45, 2.75) is 32.6 Å². The van der Waals surface area contributed by atoms with Gasteiger partial charge in [0, 0.05) is 12.5 Å². The molecule has 112 valence electrons. The van der Waals surface area contributed by atoms with E-state index in [1.54, 1.807) is 0 Å². The van der Waals surface area contributed by atoms with Gasteiger partial charge in [-0.25, -0.2) is 0 Å². The molecule has 1 aromatic rings. The molecule has 1 fully saturated rings. The molecule has 0 radical (unpaired) electrons. The topological polar surface area (TPSA) is 97.3 Å². The predicted octanol–water partition coefficient (Wildman–Crippen LogP) is 0.802. The molecule has 1 heterocycles. The number of nitrogens with one attached hydrogen (secondary N) is 1. The lowest BCUT2D eigenvalue weighted by atomic mass is 9.93. The number of aromatic nitrogens is 2. The Morgan fingerprint density at radius 3 is 2.80 bits per heavy atom. The smallest absolute Gasteiger partial charge is 0.322 e. The van der Waals surface area contributed by atoms with Crippen LogP contribution in [-0.4, -0.2) is 47.7 Å². The van der Waals surface area contributed by atoms with E-state index in [4.69, 9.17) is 10.2 Å². The van der Waals surface area contributed by atoms with Crippen LogP contribution < -0.4 is 11.1 Å². The summed E-state index contributed by atoms with van der Waals surface area (Å²) in [6.45, 7) is 5.73. The Kier molecular flexibility index (Phi) is 4.39. The third kappa shape index (κ3) is 4.28. The Morgan fingerprint density at radius 2 is 2.20 bits per heavy atom. The van der Waals surface area contributed by atoms with Crippen LogP contribution >= 0.6 is 0 Å². The molecule has 7 heteroatoms. The molecule has 0 bridgehead atoms. The molecule has 1 saturated carbocycles. The molecular weight excluding hydrogens is 258 g/mol. The van der Waals surface area contributed by atoms with Crippen molar-refractivity contribution in [2.24, 2.45) is 11.1 Å². The van der Waals surface area contributed by atoms with Gasteiger partial charge in [-0.05, 0) is 31.8 Å². The Balaban J connectivity index is 1.79. The largest absolute Gasteiger partial charge is 0.408 e. The molecule has 3 N–H and O–H groups in total. The van der Waals surface area contributed by atoms with E-state index < -0.39 is 0 Å². The molecule has 0 aromatic carbocycles. The van der Waals surface area contributed by atoms with Crippen molar-refractivity contribution in [3.8, 4) is 0 Å². The number of hydrogen-bond donors (Lipinski definition) is 2. The first kappa shape index (κ1) is 14.9. The summed E-state index contributed by atoms with van der Waals surface area (Å²) < 4.78 is 5.39.